The molecule has 2 rings (SSSR count). The second kappa shape index (κ2) is 4.63. The zero-order valence-corrected chi connectivity index (χ0v) is 11.3. The Bertz CT molecular complexity index is 482. The lowest BCUT2D eigenvalue weighted by molar-refractivity contribution is 0.468. The molecular weight excluding hydrogens is 334 g/mol. The number of hydrogen-bond donors (Lipinski definition) is 1. The summed E-state index contributed by atoms with van der Waals surface area (Å²) in [6, 6.07) is 16.9. The molecule has 0 aromatic heterocycles. The van der Waals surface area contributed by atoms with Gasteiger partial charge >= 0.3 is 0 Å². The first-order valence-corrected chi connectivity index (χ1v) is 6.30. The van der Waals surface area contributed by atoms with Crippen molar-refractivity contribution in [2.24, 2.45) is 0 Å². The zero-order valence-electron chi connectivity index (χ0n) is 8.40. The van der Waals surface area contributed by atoms with Crippen LogP contribution in [0.5, 0.6) is 5.75 Å². The van der Waals surface area contributed by atoms with Crippen molar-refractivity contribution < 1.29 is 5.11 Å². The van der Waals surface area contributed by atoms with Crippen molar-refractivity contribution in [1.82, 2.24) is 0 Å². The monoisotopic (exact) mass is 344 g/mol. The van der Waals surface area contributed by atoms with Crippen LogP contribution in [0.3, 0.4) is 0 Å². The van der Waals surface area contributed by atoms with Gasteiger partial charge in [-0.1, -0.05) is 82.7 Å². The van der Waals surface area contributed by atoms with Crippen molar-refractivity contribution in [1.29, 1.82) is 0 Å². The summed E-state index contributed by atoms with van der Waals surface area (Å²) in [5, 5.41) is 9.82. The Morgan fingerprint density at radius 2 is 1.50 bits per heavy atom. The van der Waals surface area contributed by atoms with Crippen molar-refractivity contribution >= 4 is 34.2 Å². The summed E-state index contributed by atoms with van der Waals surface area (Å²) in [5.41, 5.74) is 1.67. The van der Waals surface area contributed by atoms with E-state index in [1.165, 1.54) is 0 Å². The maximum atomic E-state index is 9.82. The van der Waals surface area contributed by atoms with Gasteiger partial charge in [-0.05, 0) is 11.6 Å². The molecule has 0 aliphatic heterocycles. The van der Waals surface area contributed by atoms with E-state index < -0.39 is 2.88 Å². The minimum absolute atomic E-state index is 0.218. The minimum atomic E-state index is -0.732. The van der Waals surface area contributed by atoms with Crippen LogP contribution >= 0.6 is 34.2 Å². The molecular formula is C13H10ClIO. The third kappa shape index (κ3) is 2.18. The van der Waals surface area contributed by atoms with E-state index in [2.05, 4.69) is 22.6 Å². The number of rotatable bonds is 2. The summed E-state index contributed by atoms with van der Waals surface area (Å²) < 4.78 is -0.732. The Balaban J connectivity index is 2.51. The molecule has 1 nitrogen and oxygen atoms in total. The van der Waals surface area contributed by atoms with Crippen LogP contribution in [0.4, 0.5) is 0 Å². The molecule has 0 saturated heterocycles. The molecule has 2 aromatic carbocycles. The van der Waals surface area contributed by atoms with Gasteiger partial charge in [-0.15, -0.1) is 0 Å². The predicted octanol–water partition coefficient (Wildman–Crippen LogP) is 4.27. The van der Waals surface area contributed by atoms with Crippen LogP contribution in [0.25, 0.3) is 0 Å². The first kappa shape index (κ1) is 11.7. The highest BCUT2D eigenvalue weighted by Crippen LogP contribution is 2.46. The van der Waals surface area contributed by atoms with Crippen LogP contribution in [0.1, 0.15) is 11.1 Å². The standard InChI is InChI=1S/C13H10ClIO/c14-13(15,10-6-2-1-3-7-10)11-8-4-5-9-12(11)16/h1-9,16H. The van der Waals surface area contributed by atoms with E-state index in [9.17, 15) is 5.11 Å². The van der Waals surface area contributed by atoms with Crippen LogP contribution in [0.2, 0.25) is 0 Å². The first-order valence-electron chi connectivity index (χ1n) is 4.84. The molecule has 0 spiro atoms. The molecule has 0 fully saturated rings. The summed E-state index contributed by atoms with van der Waals surface area (Å²) in [5.74, 6) is 0.218. The van der Waals surface area contributed by atoms with Crippen LogP contribution in [0.15, 0.2) is 54.6 Å². The lowest BCUT2D eigenvalue weighted by atomic mass is 10.0. The zero-order chi connectivity index (χ0) is 11.6. The molecule has 0 heterocycles. The molecule has 82 valence electrons. The van der Waals surface area contributed by atoms with E-state index in [0.717, 1.165) is 5.56 Å². The fourth-order valence-corrected chi connectivity index (χ4v) is 2.64. The van der Waals surface area contributed by atoms with Crippen LogP contribution in [-0.4, -0.2) is 5.11 Å². The predicted molar refractivity (Wildman–Crippen MR) is 75.2 cm³/mol. The van der Waals surface area contributed by atoms with Gasteiger partial charge in [-0.3, -0.25) is 0 Å². The molecule has 1 atom stereocenters. The molecule has 1 unspecified atom stereocenters. The molecule has 3 heteroatoms. The Hall–Kier alpha value is -0.740. The SMILES string of the molecule is Oc1ccccc1C(Cl)(I)c1ccccc1. The fourth-order valence-electron chi connectivity index (χ4n) is 1.54. The molecule has 0 saturated carbocycles. The fraction of sp³-hybridized carbons (Fsp3) is 0.0769. The summed E-state index contributed by atoms with van der Waals surface area (Å²) in [7, 11) is 0. The van der Waals surface area contributed by atoms with Crippen molar-refractivity contribution in [3.8, 4) is 5.75 Å². The topological polar surface area (TPSA) is 20.2 Å². The molecule has 0 bridgehead atoms. The number of halogens is 2. The van der Waals surface area contributed by atoms with Crippen molar-refractivity contribution in [2.75, 3.05) is 0 Å². The highest BCUT2D eigenvalue weighted by molar-refractivity contribution is 14.1. The second-order valence-electron chi connectivity index (χ2n) is 3.46. The molecule has 2 aromatic rings. The van der Waals surface area contributed by atoms with E-state index in [1.54, 1.807) is 12.1 Å². The average molecular weight is 345 g/mol. The summed E-state index contributed by atoms with van der Waals surface area (Å²) in [6.45, 7) is 0. The van der Waals surface area contributed by atoms with Gasteiger partial charge < -0.3 is 5.11 Å². The Labute approximate surface area is 113 Å². The number of benzene rings is 2. The third-order valence-electron chi connectivity index (χ3n) is 2.38. The van der Waals surface area contributed by atoms with E-state index in [1.807, 2.05) is 42.5 Å². The number of hydrogen-bond acceptors (Lipinski definition) is 1. The summed E-state index contributed by atoms with van der Waals surface area (Å²) >= 11 is 8.66. The van der Waals surface area contributed by atoms with Crippen molar-refractivity contribution in [2.45, 2.75) is 2.88 Å². The normalized spacial score (nSPS) is 14.4. The maximum Gasteiger partial charge on any atom is 0.149 e. The van der Waals surface area contributed by atoms with Crippen molar-refractivity contribution in [3.63, 3.8) is 0 Å². The van der Waals surface area contributed by atoms with Gasteiger partial charge in [0.2, 0.25) is 0 Å². The summed E-state index contributed by atoms with van der Waals surface area (Å²) in [4.78, 5) is 0. The van der Waals surface area contributed by atoms with Crippen molar-refractivity contribution in [3.05, 3.63) is 65.7 Å². The average Bonchev–Trinajstić information content (AvgIpc) is 2.30. The van der Waals surface area contributed by atoms with Crippen LogP contribution in [-0.2, 0) is 2.88 Å². The smallest absolute Gasteiger partial charge is 0.149 e. The Morgan fingerprint density at radius 3 is 2.12 bits per heavy atom. The van der Waals surface area contributed by atoms with Crippen LogP contribution < -0.4 is 0 Å². The largest absolute Gasteiger partial charge is 0.508 e. The number of aromatic hydroxyl groups is 1. The van der Waals surface area contributed by atoms with Gasteiger partial charge in [0.15, 0.2) is 0 Å². The molecule has 0 radical (unpaired) electrons. The highest BCUT2D eigenvalue weighted by atomic mass is 127. The summed E-state index contributed by atoms with van der Waals surface area (Å²) in [6.07, 6.45) is 0. The quantitative estimate of drug-likeness (QED) is 0.637. The van der Waals surface area contributed by atoms with Gasteiger partial charge in [0.05, 0.1) is 0 Å². The van der Waals surface area contributed by atoms with E-state index >= 15 is 0 Å². The molecule has 1 N–H and O–H groups in total. The van der Waals surface area contributed by atoms with Gasteiger partial charge in [0.25, 0.3) is 0 Å². The van der Waals surface area contributed by atoms with Gasteiger partial charge in [0.1, 0.15) is 8.63 Å². The van der Waals surface area contributed by atoms with Gasteiger partial charge in [-0.25, -0.2) is 0 Å². The number of phenols is 1. The molecule has 0 amide bonds. The highest BCUT2D eigenvalue weighted by Gasteiger charge is 2.30. The molecule has 16 heavy (non-hydrogen) atoms. The van der Waals surface area contributed by atoms with E-state index in [0.29, 0.717) is 5.56 Å². The van der Waals surface area contributed by atoms with E-state index in [4.69, 9.17) is 11.6 Å². The minimum Gasteiger partial charge on any atom is -0.508 e. The number of phenolic OH excluding ortho intramolecular Hbond substituents is 1. The van der Waals surface area contributed by atoms with Gasteiger partial charge in [-0.2, -0.15) is 0 Å². The Morgan fingerprint density at radius 1 is 0.938 bits per heavy atom. The Kier molecular flexibility index (Phi) is 3.40. The lowest BCUT2D eigenvalue weighted by Gasteiger charge is -2.22. The number of alkyl halides is 2. The maximum absolute atomic E-state index is 9.82. The van der Waals surface area contributed by atoms with Crippen LogP contribution in [0, 0.1) is 0 Å². The van der Waals surface area contributed by atoms with Gasteiger partial charge in [0, 0.05) is 5.56 Å². The molecule has 0 aliphatic carbocycles. The van der Waals surface area contributed by atoms with E-state index in [-0.39, 0.29) is 5.75 Å². The molecule has 0 aliphatic rings. The third-order valence-corrected chi connectivity index (χ3v) is 4.00. The second-order valence-corrected chi connectivity index (χ2v) is 6.28. The number of para-hydroxylation sites is 1. The lowest BCUT2D eigenvalue weighted by Crippen LogP contribution is -2.11. The first-order chi connectivity index (χ1) is 7.62.